The number of nitriles is 1. The van der Waals surface area contributed by atoms with Crippen molar-refractivity contribution in [2.45, 2.75) is 23.8 Å². The van der Waals surface area contributed by atoms with Gasteiger partial charge < -0.3 is 10.2 Å². The van der Waals surface area contributed by atoms with Crippen LogP contribution < -0.4 is 4.72 Å². The number of hydrogen-bond acceptors (Lipinski definition) is 5. The van der Waals surface area contributed by atoms with Gasteiger partial charge >= 0.3 is 5.97 Å². The monoisotopic (exact) mass is 298 g/mol. The molecule has 0 amide bonds. The van der Waals surface area contributed by atoms with Gasteiger partial charge in [0, 0.05) is 6.61 Å². The lowest BCUT2D eigenvalue weighted by molar-refractivity contribution is -0.139. The van der Waals surface area contributed by atoms with E-state index in [-0.39, 0.29) is 17.7 Å². The minimum Gasteiger partial charge on any atom is -0.480 e. The maximum atomic E-state index is 12.0. The summed E-state index contributed by atoms with van der Waals surface area (Å²) >= 11 is 0. The van der Waals surface area contributed by atoms with Gasteiger partial charge in [0.15, 0.2) is 0 Å². The molecule has 20 heavy (non-hydrogen) atoms. The van der Waals surface area contributed by atoms with Crippen LogP contribution in [0.25, 0.3) is 0 Å². The number of sulfonamides is 1. The zero-order chi connectivity index (χ0) is 15.2. The maximum Gasteiger partial charge on any atom is 0.321 e. The van der Waals surface area contributed by atoms with E-state index in [9.17, 15) is 13.2 Å². The molecule has 3 N–H and O–H groups in total. The summed E-state index contributed by atoms with van der Waals surface area (Å²) in [5.74, 6) is -1.36. The number of rotatable bonds is 7. The second-order valence-electron chi connectivity index (χ2n) is 4.00. The lowest BCUT2D eigenvalue weighted by Crippen LogP contribution is -2.41. The number of aliphatic hydroxyl groups excluding tert-OH is 1. The molecule has 0 aliphatic heterocycles. The van der Waals surface area contributed by atoms with Gasteiger partial charge in [-0.3, -0.25) is 4.79 Å². The van der Waals surface area contributed by atoms with Crippen LogP contribution in [0.2, 0.25) is 0 Å². The van der Waals surface area contributed by atoms with Crippen molar-refractivity contribution in [2.24, 2.45) is 0 Å². The Labute approximate surface area is 116 Å². The Kier molecular flexibility index (Phi) is 5.64. The van der Waals surface area contributed by atoms with E-state index in [0.717, 1.165) is 0 Å². The number of carboxylic acids is 1. The van der Waals surface area contributed by atoms with Gasteiger partial charge in [0.05, 0.1) is 17.4 Å². The minimum absolute atomic E-state index is 0.0941. The largest absolute Gasteiger partial charge is 0.480 e. The molecule has 0 fully saturated rings. The Hall–Kier alpha value is -1.95. The van der Waals surface area contributed by atoms with E-state index in [1.165, 1.54) is 24.3 Å². The Morgan fingerprint density at radius 2 is 1.95 bits per heavy atom. The molecule has 1 atom stereocenters. The number of carbonyl (C=O) groups is 1. The smallest absolute Gasteiger partial charge is 0.321 e. The topological polar surface area (TPSA) is 127 Å². The zero-order valence-electron chi connectivity index (χ0n) is 10.5. The van der Waals surface area contributed by atoms with Crippen molar-refractivity contribution < 1.29 is 23.4 Å². The van der Waals surface area contributed by atoms with Gasteiger partial charge in [0.25, 0.3) is 0 Å². The average molecular weight is 298 g/mol. The molecule has 0 aliphatic carbocycles. The molecule has 1 aromatic carbocycles. The molecule has 0 aliphatic rings. The van der Waals surface area contributed by atoms with Crippen molar-refractivity contribution in [3.05, 3.63) is 29.8 Å². The fourth-order valence-electron chi connectivity index (χ4n) is 1.49. The zero-order valence-corrected chi connectivity index (χ0v) is 11.3. The number of nitrogens with zero attached hydrogens (tertiary/aromatic N) is 1. The summed E-state index contributed by atoms with van der Waals surface area (Å²) in [6.07, 6.45) is -0.0584. The second-order valence-corrected chi connectivity index (χ2v) is 5.72. The van der Waals surface area contributed by atoms with Crippen LogP contribution in [0.3, 0.4) is 0 Å². The normalized spacial score (nSPS) is 12.6. The van der Waals surface area contributed by atoms with Crippen LogP contribution >= 0.6 is 0 Å². The molecule has 0 aromatic heterocycles. The van der Waals surface area contributed by atoms with Crippen LogP contribution in [0.4, 0.5) is 0 Å². The van der Waals surface area contributed by atoms with Crippen LogP contribution in [0.5, 0.6) is 0 Å². The van der Waals surface area contributed by atoms with Gasteiger partial charge in [-0.2, -0.15) is 9.98 Å². The van der Waals surface area contributed by atoms with Crippen molar-refractivity contribution in [1.82, 2.24) is 4.72 Å². The van der Waals surface area contributed by atoms with Crippen LogP contribution in [-0.2, 0) is 21.2 Å². The van der Waals surface area contributed by atoms with Crippen LogP contribution in [0.1, 0.15) is 12.0 Å². The van der Waals surface area contributed by atoms with Gasteiger partial charge in [-0.25, -0.2) is 8.42 Å². The lowest BCUT2D eigenvalue weighted by Gasteiger charge is -2.13. The predicted octanol–water partition coefficient (Wildman–Crippen LogP) is -0.133. The molecule has 8 heteroatoms. The molecule has 1 aromatic rings. The standard InChI is InChI=1S/C12H14N2O5S/c13-7-5-9-1-3-10(4-2-9)20(18,19)14-11(6-8-15)12(16)17/h1-4,11,14-15H,5-6,8H2,(H,16,17)/t11-/m1/s1. The first-order valence-corrected chi connectivity index (χ1v) is 7.21. The van der Waals surface area contributed by atoms with E-state index >= 15 is 0 Å². The molecule has 0 radical (unpaired) electrons. The third kappa shape index (κ3) is 4.31. The molecule has 0 heterocycles. The summed E-state index contributed by atoms with van der Waals surface area (Å²) in [6.45, 7) is -0.444. The first-order valence-electron chi connectivity index (χ1n) is 5.72. The second kappa shape index (κ2) is 7.00. The van der Waals surface area contributed by atoms with Gasteiger partial charge in [-0.05, 0) is 24.1 Å². The molecule has 0 saturated heterocycles. The highest BCUT2D eigenvalue weighted by Crippen LogP contribution is 2.12. The fraction of sp³-hybridized carbons (Fsp3) is 0.333. The van der Waals surface area contributed by atoms with Crippen LogP contribution in [-0.4, -0.2) is 37.2 Å². The number of aliphatic hydroxyl groups is 1. The number of hydrogen-bond donors (Lipinski definition) is 3. The van der Waals surface area contributed by atoms with Crippen LogP contribution in [0, 0.1) is 11.3 Å². The molecule has 7 nitrogen and oxygen atoms in total. The van der Waals surface area contributed by atoms with E-state index in [1.54, 1.807) is 0 Å². The van der Waals surface area contributed by atoms with Crippen molar-refractivity contribution >= 4 is 16.0 Å². The van der Waals surface area contributed by atoms with Gasteiger partial charge in [-0.15, -0.1) is 0 Å². The third-order valence-corrected chi connectivity index (χ3v) is 4.02. The summed E-state index contributed by atoms with van der Waals surface area (Å²) in [7, 11) is -3.98. The highest BCUT2D eigenvalue weighted by Gasteiger charge is 2.24. The molecule has 0 unspecified atom stereocenters. The summed E-state index contributed by atoms with van der Waals surface area (Å²) in [5, 5.41) is 26.1. The highest BCUT2D eigenvalue weighted by atomic mass is 32.2. The van der Waals surface area contributed by atoms with Crippen LogP contribution in [0.15, 0.2) is 29.2 Å². The number of aliphatic carboxylic acids is 1. The molecule has 1 rings (SSSR count). The summed E-state index contributed by atoms with van der Waals surface area (Å²) in [6, 6.07) is 6.12. The van der Waals surface area contributed by atoms with Gasteiger partial charge in [0.2, 0.25) is 10.0 Å². The first-order chi connectivity index (χ1) is 9.40. The minimum atomic E-state index is -3.98. The molecule has 0 bridgehead atoms. The average Bonchev–Trinajstić information content (AvgIpc) is 2.39. The molecular weight excluding hydrogens is 284 g/mol. The SMILES string of the molecule is N#CCc1ccc(S(=O)(=O)N[C@H](CCO)C(=O)O)cc1. The van der Waals surface area contributed by atoms with Gasteiger partial charge in [0.1, 0.15) is 6.04 Å². The van der Waals surface area contributed by atoms with Gasteiger partial charge in [-0.1, -0.05) is 12.1 Å². The first kappa shape index (κ1) is 16.1. The van der Waals surface area contributed by atoms with Crippen molar-refractivity contribution in [1.29, 1.82) is 5.26 Å². The maximum absolute atomic E-state index is 12.0. The van der Waals surface area contributed by atoms with Crippen molar-refractivity contribution in [3.8, 4) is 6.07 Å². The molecular formula is C12H14N2O5S. The van der Waals surface area contributed by atoms with Crippen molar-refractivity contribution in [3.63, 3.8) is 0 Å². The van der Waals surface area contributed by atoms with E-state index in [2.05, 4.69) is 0 Å². The predicted molar refractivity (Wildman–Crippen MR) is 69.2 cm³/mol. The van der Waals surface area contributed by atoms with E-state index in [0.29, 0.717) is 5.56 Å². The Bertz CT molecular complexity index is 604. The van der Waals surface area contributed by atoms with Crippen molar-refractivity contribution in [2.75, 3.05) is 6.61 Å². The number of benzene rings is 1. The molecule has 0 saturated carbocycles. The summed E-state index contributed by atoms with van der Waals surface area (Å²) < 4.78 is 25.9. The van der Waals surface area contributed by atoms with E-state index in [1.807, 2.05) is 10.8 Å². The number of nitrogens with one attached hydrogen (secondary N) is 1. The third-order valence-electron chi connectivity index (χ3n) is 2.53. The molecule has 0 spiro atoms. The number of carboxylic acid groups (broad SMARTS) is 1. The lowest BCUT2D eigenvalue weighted by atomic mass is 10.2. The highest BCUT2D eigenvalue weighted by molar-refractivity contribution is 7.89. The quantitative estimate of drug-likeness (QED) is 0.643. The summed E-state index contributed by atoms with van der Waals surface area (Å²) in [4.78, 5) is 10.8. The van der Waals surface area contributed by atoms with E-state index < -0.39 is 28.6 Å². The molecule has 108 valence electrons. The summed E-state index contributed by atoms with van der Waals surface area (Å²) in [5.41, 5.74) is 0.664. The fourth-order valence-corrected chi connectivity index (χ4v) is 2.72. The Morgan fingerprint density at radius 3 is 2.40 bits per heavy atom. The Morgan fingerprint density at radius 1 is 1.35 bits per heavy atom. The Balaban J connectivity index is 2.92. The van der Waals surface area contributed by atoms with E-state index in [4.69, 9.17) is 15.5 Å².